The predicted molar refractivity (Wildman–Crippen MR) is 70.3 cm³/mol. The summed E-state index contributed by atoms with van der Waals surface area (Å²) in [6.07, 6.45) is 10.8. The van der Waals surface area contributed by atoms with E-state index in [4.69, 9.17) is 0 Å². The van der Waals surface area contributed by atoms with Crippen molar-refractivity contribution in [3.63, 3.8) is 0 Å². The van der Waals surface area contributed by atoms with Crippen molar-refractivity contribution < 1.29 is 5.11 Å². The van der Waals surface area contributed by atoms with E-state index in [9.17, 15) is 5.11 Å². The Morgan fingerprint density at radius 1 is 1.38 bits per heavy atom. The van der Waals surface area contributed by atoms with Crippen LogP contribution in [0.1, 0.15) is 53.4 Å². The van der Waals surface area contributed by atoms with Crippen LogP contribution in [0.25, 0.3) is 0 Å². The lowest BCUT2D eigenvalue weighted by molar-refractivity contribution is 0.154. The zero-order valence-corrected chi connectivity index (χ0v) is 11.2. The van der Waals surface area contributed by atoms with E-state index in [-0.39, 0.29) is 11.5 Å². The predicted octanol–water partition coefficient (Wildman–Crippen LogP) is 4.09. The van der Waals surface area contributed by atoms with Crippen molar-refractivity contribution in [2.45, 2.75) is 59.5 Å². The number of hydrogen-bond donors (Lipinski definition) is 1. The zero-order chi connectivity index (χ0) is 12.2. The molecule has 0 saturated carbocycles. The molecule has 1 aliphatic rings. The molecule has 0 bridgehead atoms. The molecule has 2 atom stereocenters. The fourth-order valence-electron chi connectivity index (χ4n) is 2.03. The molecule has 0 fully saturated rings. The third-order valence-electron chi connectivity index (χ3n) is 3.53. The minimum Gasteiger partial charge on any atom is -0.389 e. The molecule has 1 N–H and O–H groups in total. The van der Waals surface area contributed by atoms with Gasteiger partial charge in [0, 0.05) is 0 Å². The van der Waals surface area contributed by atoms with Crippen LogP contribution in [0.3, 0.4) is 0 Å². The molecule has 0 aliphatic heterocycles. The third kappa shape index (κ3) is 4.52. The van der Waals surface area contributed by atoms with Crippen molar-refractivity contribution in [1.29, 1.82) is 0 Å². The Kier molecular flexibility index (Phi) is 4.79. The summed E-state index contributed by atoms with van der Waals surface area (Å²) >= 11 is 0. The summed E-state index contributed by atoms with van der Waals surface area (Å²) in [6.45, 7) is 8.81. The third-order valence-corrected chi connectivity index (χ3v) is 3.53. The minimum atomic E-state index is -0.280. The van der Waals surface area contributed by atoms with Gasteiger partial charge in [0.15, 0.2) is 0 Å². The van der Waals surface area contributed by atoms with Gasteiger partial charge in [-0.1, -0.05) is 44.6 Å². The van der Waals surface area contributed by atoms with Gasteiger partial charge in [0.05, 0.1) is 6.10 Å². The molecule has 0 amide bonds. The molecule has 0 aromatic carbocycles. The average molecular weight is 222 g/mol. The monoisotopic (exact) mass is 222 g/mol. The normalized spacial score (nSPS) is 36.9. The van der Waals surface area contributed by atoms with Crippen LogP contribution >= 0.6 is 0 Å². The van der Waals surface area contributed by atoms with E-state index in [0.29, 0.717) is 5.92 Å². The molecule has 2 unspecified atom stereocenters. The molecule has 0 aromatic rings. The van der Waals surface area contributed by atoms with E-state index in [1.165, 1.54) is 18.4 Å². The Balaban J connectivity index is 2.79. The number of aliphatic hydroxyl groups excluding tert-OH is 1. The lowest BCUT2D eigenvalue weighted by Crippen LogP contribution is -2.16. The highest BCUT2D eigenvalue weighted by Crippen LogP contribution is 2.27. The van der Waals surface area contributed by atoms with Crippen molar-refractivity contribution in [3.8, 4) is 0 Å². The summed E-state index contributed by atoms with van der Waals surface area (Å²) in [6, 6.07) is 0. The van der Waals surface area contributed by atoms with Gasteiger partial charge in [-0.05, 0) is 43.9 Å². The molecule has 92 valence electrons. The largest absolute Gasteiger partial charge is 0.389 e. The fraction of sp³-hybridized carbons (Fsp3) is 0.733. The van der Waals surface area contributed by atoms with Crippen LogP contribution in [-0.2, 0) is 0 Å². The molecule has 0 radical (unpaired) electrons. The highest BCUT2D eigenvalue weighted by molar-refractivity contribution is 5.07. The first-order chi connectivity index (χ1) is 7.41. The Morgan fingerprint density at radius 3 is 2.75 bits per heavy atom. The molecule has 1 aliphatic carbocycles. The Labute approximate surface area is 100 Å². The molecule has 16 heavy (non-hydrogen) atoms. The van der Waals surface area contributed by atoms with Gasteiger partial charge in [0.25, 0.3) is 0 Å². The number of rotatable bonds is 0. The average Bonchev–Trinajstić information content (AvgIpc) is 2.23. The van der Waals surface area contributed by atoms with E-state index in [0.717, 1.165) is 12.8 Å². The van der Waals surface area contributed by atoms with Gasteiger partial charge in [-0.3, -0.25) is 0 Å². The smallest absolute Gasteiger partial charge is 0.0746 e. The van der Waals surface area contributed by atoms with E-state index < -0.39 is 0 Å². The summed E-state index contributed by atoms with van der Waals surface area (Å²) in [5, 5.41) is 9.99. The topological polar surface area (TPSA) is 20.2 Å². The highest BCUT2D eigenvalue weighted by Gasteiger charge is 2.16. The Bertz CT molecular complexity index is 273. The quantitative estimate of drug-likeness (QED) is 0.612. The van der Waals surface area contributed by atoms with Gasteiger partial charge in [-0.15, -0.1) is 0 Å². The van der Waals surface area contributed by atoms with Crippen LogP contribution < -0.4 is 0 Å². The molecule has 1 rings (SSSR count). The molecular weight excluding hydrogens is 196 g/mol. The second-order valence-corrected chi connectivity index (χ2v) is 5.96. The maximum atomic E-state index is 9.99. The summed E-state index contributed by atoms with van der Waals surface area (Å²) in [5.74, 6) is 0.373. The fourth-order valence-corrected chi connectivity index (χ4v) is 2.03. The Hall–Kier alpha value is -0.560. The lowest BCUT2D eigenvalue weighted by atomic mass is 9.87. The SMILES string of the molecule is C/C1=C/CC(C)(C)/C=C\C(O)C(C)CCC1. The van der Waals surface area contributed by atoms with E-state index in [2.05, 4.69) is 39.8 Å². The van der Waals surface area contributed by atoms with Gasteiger partial charge in [-0.2, -0.15) is 0 Å². The van der Waals surface area contributed by atoms with Crippen LogP contribution in [-0.4, -0.2) is 11.2 Å². The molecule has 0 aromatic heterocycles. The first-order valence-electron chi connectivity index (χ1n) is 6.44. The van der Waals surface area contributed by atoms with Crippen molar-refractivity contribution >= 4 is 0 Å². The molecule has 1 nitrogen and oxygen atoms in total. The van der Waals surface area contributed by atoms with E-state index in [1.807, 2.05) is 6.08 Å². The molecule has 1 heteroatoms. The van der Waals surface area contributed by atoms with Crippen molar-refractivity contribution in [2.75, 3.05) is 0 Å². The molecular formula is C15H26O. The summed E-state index contributed by atoms with van der Waals surface area (Å²) < 4.78 is 0. The van der Waals surface area contributed by atoms with Crippen LogP contribution in [0.15, 0.2) is 23.8 Å². The van der Waals surface area contributed by atoms with Crippen LogP contribution in [0.5, 0.6) is 0 Å². The van der Waals surface area contributed by atoms with Crippen LogP contribution in [0.4, 0.5) is 0 Å². The van der Waals surface area contributed by atoms with Gasteiger partial charge in [-0.25, -0.2) is 0 Å². The van der Waals surface area contributed by atoms with Crippen molar-refractivity contribution in [2.24, 2.45) is 11.3 Å². The standard InChI is InChI=1S/C15H26O/c1-12-6-5-7-13(2)14(16)9-11-15(3,4)10-8-12/h8-9,11,13-14,16H,5-7,10H2,1-4H3/b11-9-,12-8-. The maximum Gasteiger partial charge on any atom is 0.0746 e. The van der Waals surface area contributed by atoms with Gasteiger partial charge in [0.1, 0.15) is 0 Å². The first kappa shape index (κ1) is 13.5. The van der Waals surface area contributed by atoms with Gasteiger partial charge in [0.2, 0.25) is 0 Å². The molecule has 0 heterocycles. The minimum absolute atomic E-state index is 0.159. The number of aliphatic hydroxyl groups is 1. The first-order valence-corrected chi connectivity index (χ1v) is 6.44. The second kappa shape index (κ2) is 5.67. The number of allylic oxidation sites excluding steroid dienone is 3. The Morgan fingerprint density at radius 2 is 2.06 bits per heavy atom. The second-order valence-electron chi connectivity index (χ2n) is 5.96. The summed E-state index contributed by atoms with van der Waals surface area (Å²) in [4.78, 5) is 0. The van der Waals surface area contributed by atoms with Gasteiger partial charge < -0.3 is 5.11 Å². The van der Waals surface area contributed by atoms with Crippen molar-refractivity contribution in [1.82, 2.24) is 0 Å². The molecule has 0 saturated heterocycles. The lowest BCUT2D eigenvalue weighted by Gasteiger charge is -2.20. The maximum absolute atomic E-state index is 9.99. The zero-order valence-electron chi connectivity index (χ0n) is 11.2. The van der Waals surface area contributed by atoms with E-state index in [1.54, 1.807) is 0 Å². The molecule has 0 spiro atoms. The van der Waals surface area contributed by atoms with Crippen LogP contribution in [0, 0.1) is 11.3 Å². The highest BCUT2D eigenvalue weighted by atomic mass is 16.3. The number of hydrogen-bond acceptors (Lipinski definition) is 1. The summed E-state index contributed by atoms with van der Waals surface area (Å²) in [5.41, 5.74) is 1.65. The van der Waals surface area contributed by atoms with Gasteiger partial charge >= 0.3 is 0 Å². The van der Waals surface area contributed by atoms with E-state index >= 15 is 0 Å². The van der Waals surface area contributed by atoms with Crippen LogP contribution in [0.2, 0.25) is 0 Å². The van der Waals surface area contributed by atoms with Crippen molar-refractivity contribution in [3.05, 3.63) is 23.8 Å². The summed E-state index contributed by atoms with van der Waals surface area (Å²) in [7, 11) is 0.